The monoisotopic (exact) mass is 256 g/mol. The molecule has 1 aliphatic heterocycles. The van der Waals surface area contributed by atoms with Crippen LogP contribution in [0.4, 0.5) is 0 Å². The molecule has 6 heteroatoms. The molecule has 94 valence electrons. The Balaban J connectivity index is 2.48. The normalized spacial score (nSPS) is 16.5. The number of hydrogen-bond donors (Lipinski definition) is 2. The molecule has 0 bridgehead atoms. The van der Waals surface area contributed by atoms with Crippen LogP contribution in [-0.2, 0) is 4.79 Å². The Hall–Kier alpha value is -1.25. The van der Waals surface area contributed by atoms with Crippen LogP contribution >= 0.6 is 11.6 Å². The van der Waals surface area contributed by atoms with Gasteiger partial charge in [0.25, 0.3) is 5.91 Å². The molecule has 5 nitrogen and oxygen atoms in total. The van der Waals surface area contributed by atoms with Crippen LogP contribution in [0.3, 0.4) is 0 Å². The Morgan fingerprint density at radius 1 is 1.53 bits per heavy atom. The highest BCUT2D eigenvalue weighted by molar-refractivity contribution is 6.17. The fourth-order valence-corrected chi connectivity index (χ4v) is 1.63. The Labute approximate surface area is 106 Å². The van der Waals surface area contributed by atoms with Crippen LogP contribution in [-0.4, -0.2) is 49.4 Å². The van der Waals surface area contributed by atoms with Gasteiger partial charge in [0, 0.05) is 44.8 Å². The van der Waals surface area contributed by atoms with Crippen molar-refractivity contribution in [3.05, 3.63) is 11.8 Å². The average Bonchev–Trinajstić information content (AvgIpc) is 2.37. The molecule has 1 rings (SSSR count). The summed E-state index contributed by atoms with van der Waals surface area (Å²) in [6.07, 6.45) is 2.34. The van der Waals surface area contributed by atoms with E-state index in [-0.39, 0.29) is 11.5 Å². The van der Waals surface area contributed by atoms with Gasteiger partial charge >= 0.3 is 0 Å². The number of carbonyl (C=O) groups is 1. The van der Waals surface area contributed by atoms with Crippen LogP contribution < -0.4 is 10.6 Å². The predicted molar refractivity (Wildman–Crippen MR) is 66.5 cm³/mol. The Morgan fingerprint density at radius 3 is 2.82 bits per heavy atom. The van der Waals surface area contributed by atoms with Gasteiger partial charge in [-0.3, -0.25) is 4.79 Å². The van der Waals surface area contributed by atoms with Crippen LogP contribution in [0.15, 0.2) is 11.8 Å². The third-order valence-electron chi connectivity index (χ3n) is 2.42. The number of alkyl halides is 1. The largest absolute Gasteiger partial charge is 0.374 e. The molecule has 1 saturated heterocycles. The van der Waals surface area contributed by atoms with E-state index in [4.69, 9.17) is 16.9 Å². The van der Waals surface area contributed by atoms with Crippen LogP contribution in [0.5, 0.6) is 0 Å². The van der Waals surface area contributed by atoms with E-state index < -0.39 is 0 Å². The smallest absolute Gasteiger partial charge is 0.263 e. The third-order valence-corrected chi connectivity index (χ3v) is 2.69. The lowest BCUT2D eigenvalue weighted by Gasteiger charge is -2.25. The van der Waals surface area contributed by atoms with Gasteiger partial charge in [-0.25, -0.2) is 0 Å². The van der Waals surface area contributed by atoms with Gasteiger partial charge in [-0.2, -0.15) is 5.26 Å². The highest BCUT2D eigenvalue weighted by Gasteiger charge is 2.12. The van der Waals surface area contributed by atoms with E-state index in [0.717, 1.165) is 26.2 Å². The molecular formula is C11H17ClN4O. The highest BCUT2D eigenvalue weighted by atomic mass is 35.5. The number of piperazine rings is 1. The number of nitrogens with zero attached hydrogens (tertiary/aromatic N) is 2. The van der Waals surface area contributed by atoms with Crippen molar-refractivity contribution in [3.8, 4) is 6.07 Å². The standard InChI is InChI=1S/C11H17ClN4O/c12-2-1-3-15-11(17)10(8-13)9-16-6-4-14-5-7-16/h9,14H,1-7H2,(H,15,17)/b10-9-. The minimum atomic E-state index is -0.323. The minimum absolute atomic E-state index is 0.154. The predicted octanol–water partition coefficient (Wildman–Crippen LogP) is 0.0442. The molecule has 1 heterocycles. The summed E-state index contributed by atoms with van der Waals surface area (Å²) in [5.41, 5.74) is 0.154. The van der Waals surface area contributed by atoms with Crippen molar-refractivity contribution >= 4 is 17.5 Å². The Kier molecular flexibility index (Phi) is 6.45. The zero-order valence-electron chi connectivity index (χ0n) is 9.71. The summed E-state index contributed by atoms with van der Waals surface area (Å²) in [5, 5.41) is 14.8. The van der Waals surface area contributed by atoms with E-state index in [9.17, 15) is 4.79 Å². The molecule has 17 heavy (non-hydrogen) atoms. The van der Waals surface area contributed by atoms with Crippen LogP contribution in [0.25, 0.3) is 0 Å². The molecule has 0 unspecified atom stereocenters. The van der Waals surface area contributed by atoms with Crippen LogP contribution in [0.1, 0.15) is 6.42 Å². The quantitative estimate of drug-likeness (QED) is 0.316. The van der Waals surface area contributed by atoms with Crippen molar-refractivity contribution < 1.29 is 4.79 Å². The zero-order chi connectivity index (χ0) is 12.5. The number of carbonyl (C=O) groups excluding carboxylic acids is 1. The maximum absolute atomic E-state index is 11.6. The van der Waals surface area contributed by atoms with E-state index in [0.29, 0.717) is 18.8 Å². The second kappa shape index (κ2) is 7.93. The Morgan fingerprint density at radius 2 is 2.24 bits per heavy atom. The van der Waals surface area contributed by atoms with Crippen molar-refractivity contribution in [3.63, 3.8) is 0 Å². The van der Waals surface area contributed by atoms with Crippen molar-refractivity contribution in [2.75, 3.05) is 38.6 Å². The van der Waals surface area contributed by atoms with E-state index >= 15 is 0 Å². The maximum Gasteiger partial charge on any atom is 0.263 e. The first-order valence-corrected chi connectivity index (χ1v) is 6.22. The maximum atomic E-state index is 11.6. The first-order chi connectivity index (χ1) is 8.27. The van der Waals surface area contributed by atoms with Crippen molar-refractivity contribution in [1.29, 1.82) is 5.26 Å². The van der Waals surface area contributed by atoms with Crippen molar-refractivity contribution in [2.24, 2.45) is 0 Å². The molecule has 1 fully saturated rings. The first kappa shape index (κ1) is 13.8. The van der Waals surface area contributed by atoms with Gasteiger partial charge in [0.15, 0.2) is 0 Å². The number of hydrogen-bond acceptors (Lipinski definition) is 4. The van der Waals surface area contributed by atoms with Crippen LogP contribution in [0, 0.1) is 11.3 Å². The molecule has 0 atom stereocenters. The number of halogens is 1. The number of nitrogens with one attached hydrogen (secondary N) is 2. The van der Waals surface area contributed by atoms with Crippen molar-refractivity contribution in [1.82, 2.24) is 15.5 Å². The molecule has 0 radical (unpaired) electrons. The fourth-order valence-electron chi connectivity index (χ4n) is 1.50. The van der Waals surface area contributed by atoms with Crippen LogP contribution in [0.2, 0.25) is 0 Å². The molecule has 1 amide bonds. The molecule has 0 saturated carbocycles. The molecule has 0 aromatic rings. The summed E-state index contributed by atoms with van der Waals surface area (Å²) < 4.78 is 0. The summed E-state index contributed by atoms with van der Waals surface area (Å²) >= 11 is 5.51. The lowest BCUT2D eigenvalue weighted by molar-refractivity contribution is -0.117. The summed E-state index contributed by atoms with van der Waals surface area (Å²) in [4.78, 5) is 13.6. The number of amides is 1. The second-order valence-electron chi connectivity index (χ2n) is 3.74. The van der Waals surface area contributed by atoms with Gasteiger partial charge < -0.3 is 15.5 Å². The number of nitriles is 1. The van der Waals surface area contributed by atoms with Gasteiger partial charge in [0.2, 0.25) is 0 Å². The van der Waals surface area contributed by atoms with E-state index in [1.54, 1.807) is 6.20 Å². The molecule has 2 N–H and O–H groups in total. The summed E-state index contributed by atoms with van der Waals surface area (Å²) in [7, 11) is 0. The fraction of sp³-hybridized carbons (Fsp3) is 0.636. The van der Waals surface area contributed by atoms with E-state index in [1.807, 2.05) is 11.0 Å². The highest BCUT2D eigenvalue weighted by Crippen LogP contribution is 2.00. The first-order valence-electron chi connectivity index (χ1n) is 5.68. The SMILES string of the molecule is N#C/C(=C/N1CCNCC1)C(=O)NCCCCl. The molecule has 1 aliphatic rings. The molecule has 0 aliphatic carbocycles. The zero-order valence-corrected chi connectivity index (χ0v) is 10.5. The van der Waals surface area contributed by atoms with Gasteiger partial charge in [-0.05, 0) is 6.42 Å². The Bertz CT molecular complexity index is 318. The topological polar surface area (TPSA) is 68.2 Å². The van der Waals surface area contributed by atoms with Gasteiger partial charge in [-0.15, -0.1) is 11.6 Å². The van der Waals surface area contributed by atoms with Gasteiger partial charge in [0.1, 0.15) is 11.6 Å². The molecule has 0 aromatic heterocycles. The summed E-state index contributed by atoms with van der Waals surface area (Å²) in [6, 6.07) is 1.93. The lowest BCUT2D eigenvalue weighted by Crippen LogP contribution is -2.41. The van der Waals surface area contributed by atoms with E-state index in [2.05, 4.69) is 10.6 Å². The average molecular weight is 257 g/mol. The molecular weight excluding hydrogens is 240 g/mol. The second-order valence-corrected chi connectivity index (χ2v) is 4.12. The molecule has 0 aromatic carbocycles. The summed E-state index contributed by atoms with van der Waals surface area (Å²) in [6.45, 7) is 3.90. The number of rotatable bonds is 5. The van der Waals surface area contributed by atoms with Gasteiger partial charge in [0.05, 0.1) is 0 Å². The van der Waals surface area contributed by atoms with E-state index in [1.165, 1.54) is 0 Å². The third kappa shape index (κ3) is 5.07. The van der Waals surface area contributed by atoms with Gasteiger partial charge in [-0.1, -0.05) is 0 Å². The van der Waals surface area contributed by atoms with Crippen molar-refractivity contribution in [2.45, 2.75) is 6.42 Å². The lowest BCUT2D eigenvalue weighted by atomic mass is 10.2. The minimum Gasteiger partial charge on any atom is -0.374 e. The summed E-state index contributed by atoms with van der Waals surface area (Å²) in [5.74, 6) is 0.181. The molecule has 0 spiro atoms.